The Balaban J connectivity index is 0.798. The van der Waals surface area contributed by atoms with E-state index in [2.05, 4.69) is 31.9 Å². The minimum atomic E-state index is -3.74. The molecule has 2 aromatic carbocycles. The number of carbonyl (C=O) groups excluding carboxylic acids is 10. The van der Waals surface area contributed by atoms with E-state index in [9.17, 15) is 57.8 Å². The third-order valence-electron chi connectivity index (χ3n) is 15.2. The lowest BCUT2D eigenvalue weighted by Gasteiger charge is -2.33. The van der Waals surface area contributed by atoms with Crippen LogP contribution >= 0.6 is 0 Å². The molecule has 4 atom stereocenters. The number of esters is 1. The molecule has 9 amide bonds. The number of amides is 9. The Morgan fingerprint density at radius 1 is 0.866 bits per heavy atom. The van der Waals surface area contributed by atoms with Crippen LogP contribution in [0.2, 0.25) is 0 Å². The number of imide groups is 1. The number of benzene rings is 2. The van der Waals surface area contributed by atoms with E-state index in [1.807, 2.05) is 0 Å². The molecule has 432 valence electrons. The molecule has 5 aliphatic rings. The maximum atomic E-state index is 15.9. The smallest absolute Gasteiger partial charge is 0.343 e. The minimum absolute atomic E-state index is 0.00213. The number of nitrogens with zero attached hydrogens (tertiary/aromatic N) is 4. The number of pyridine rings is 2. The summed E-state index contributed by atoms with van der Waals surface area (Å²) in [4.78, 5) is 149. The monoisotopic (exact) mass is 1140 g/mol. The van der Waals surface area contributed by atoms with Gasteiger partial charge in [-0.3, -0.25) is 52.8 Å². The van der Waals surface area contributed by atoms with E-state index in [1.54, 1.807) is 44.2 Å². The molecule has 2 aromatic heterocycles. The van der Waals surface area contributed by atoms with Crippen molar-refractivity contribution in [1.82, 2.24) is 51.3 Å². The number of likely N-dealkylation sites (tertiary alicyclic amines) is 1. The molecule has 1 fully saturated rings. The fourth-order valence-electron chi connectivity index (χ4n) is 10.8. The van der Waals surface area contributed by atoms with E-state index in [-0.39, 0.29) is 86.4 Å². The van der Waals surface area contributed by atoms with Crippen LogP contribution in [0, 0.1) is 12.7 Å². The van der Waals surface area contributed by atoms with Crippen LogP contribution in [0.5, 0.6) is 0 Å². The van der Waals surface area contributed by atoms with Gasteiger partial charge in [-0.2, -0.15) is 0 Å². The number of aliphatic hydroxyl groups is 1. The van der Waals surface area contributed by atoms with Gasteiger partial charge in [-0.15, -0.1) is 0 Å². The normalized spacial score (nSPS) is 19.4. The molecule has 0 spiro atoms. The fraction of sp³-hybridized carbons (Fsp3) is 0.418. The highest BCUT2D eigenvalue weighted by molar-refractivity contribution is 6.13. The highest BCUT2D eigenvalue weighted by atomic mass is 19.3. The van der Waals surface area contributed by atoms with Gasteiger partial charge in [-0.1, -0.05) is 37.3 Å². The molecular weight excluding hydrogens is 1080 g/mol. The fourth-order valence-corrected chi connectivity index (χ4v) is 10.8. The molecule has 0 bridgehead atoms. The molecule has 0 unspecified atom stereocenters. The zero-order valence-corrected chi connectivity index (χ0v) is 44.4. The molecule has 7 N–H and O–H groups in total. The Morgan fingerprint density at radius 2 is 1.55 bits per heavy atom. The second-order valence-electron chi connectivity index (χ2n) is 20.3. The second kappa shape index (κ2) is 23.7. The first-order valence-corrected chi connectivity index (χ1v) is 26.4. The van der Waals surface area contributed by atoms with Crippen LogP contribution in [-0.2, 0) is 89.0 Å². The lowest BCUT2D eigenvalue weighted by molar-refractivity contribution is -0.172. The molecule has 9 rings (SSSR count). The number of halogens is 3. The largest absolute Gasteiger partial charge is 0.458 e. The molecule has 1 saturated heterocycles. The average Bonchev–Trinajstić information content (AvgIpc) is 4.25. The summed E-state index contributed by atoms with van der Waals surface area (Å²) in [5.74, 6) is -12.4. The number of ether oxygens (including phenoxy) is 2. The molecule has 24 nitrogen and oxygen atoms in total. The molecule has 0 radical (unpaired) electrons. The van der Waals surface area contributed by atoms with Crippen LogP contribution < -0.4 is 37.5 Å². The van der Waals surface area contributed by atoms with Crippen molar-refractivity contribution in [2.24, 2.45) is 0 Å². The zero-order valence-electron chi connectivity index (χ0n) is 44.4. The van der Waals surface area contributed by atoms with Gasteiger partial charge in [0.2, 0.25) is 41.4 Å². The Kier molecular flexibility index (Phi) is 16.7. The van der Waals surface area contributed by atoms with Crippen molar-refractivity contribution < 1.29 is 75.7 Å². The maximum absolute atomic E-state index is 15.9. The molecule has 6 heterocycles. The first kappa shape index (κ1) is 57.8. The minimum Gasteiger partial charge on any atom is -0.458 e. The summed E-state index contributed by atoms with van der Waals surface area (Å²) in [5, 5.41) is 26.4. The van der Waals surface area contributed by atoms with Crippen molar-refractivity contribution in [2.45, 2.75) is 95.2 Å². The van der Waals surface area contributed by atoms with Crippen molar-refractivity contribution in [3.05, 3.63) is 110 Å². The summed E-state index contributed by atoms with van der Waals surface area (Å²) in [7, 11) is 0. The summed E-state index contributed by atoms with van der Waals surface area (Å²) < 4.78 is 59.1. The van der Waals surface area contributed by atoms with E-state index in [4.69, 9.17) is 14.5 Å². The van der Waals surface area contributed by atoms with Crippen LogP contribution in [-0.4, -0.2) is 154 Å². The Morgan fingerprint density at radius 3 is 2.27 bits per heavy atom. The Hall–Kier alpha value is -8.85. The predicted octanol–water partition coefficient (Wildman–Crippen LogP) is -0.609. The molecule has 4 aromatic rings. The van der Waals surface area contributed by atoms with Gasteiger partial charge in [-0.05, 0) is 54.5 Å². The number of fused-ring (bicyclic) bond motifs is 5. The lowest BCUT2D eigenvalue weighted by atomic mass is 9.81. The predicted molar refractivity (Wildman–Crippen MR) is 279 cm³/mol. The topological polar surface area (TPSA) is 323 Å². The standard InChI is InChI=1S/C55H57F3N10O14/c1-3-54(80)33-20-38-48-31(26-68(38)52(78)32(33)27-82-53(54)79)47-35(10-9-30-28(2)34(56)21-36(64-48)46(30)47)65-51(77)49-55(57,58)14-15-67(49)45(75)25-61-41(71)23-62-50(76)37(19-29-7-5-4-6-8-29)63-42(72)24-60-40(70)22-59-39(69)13-17-81-18-16-66-43(73)11-12-44(66)74/h4-8,11-12,20-21,35,37,49,80H,3,9-10,13-19,22-27H2,1-2H3,(H,59,69)(H,60,70)(H,61,71)(H,62,76)(H,63,72)(H,65,77)/t35-,37-,49+,54-/m0/s1. The first-order valence-electron chi connectivity index (χ1n) is 26.4. The van der Waals surface area contributed by atoms with E-state index in [0.29, 0.717) is 38.1 Å². The number of hydrogen-bond donors (Lipinski definition) is 7. The van der Waals surface area contributed by atoms with Crippen molar-refractivity contribution in [3.8, 4) is 11.4 Å². The van der Waals surface area contributed by atoms with Crippen LogP contribution in [0.1, 0.15) is 77.6 Å². The van der Waals surface area contributed by atoms with Gasteiger partial charge in [0.1, 0.15) is 18.5 Å². The lowest BCUT2D eigenvalue weighted by Crippen LogP contribution is -2.55. The van der Waals surface area contributed by atoms with E-state index in [0.717, 1.165) is 17.1 Å². The van der Waals surface area contributed by atoms with Gasteiger partial charge < -0.3 is 55.9 Å². The number of aryl methyl sites for hydroxylation is 1. The number of nitrogens with one attached hydrogen (secondary N) is 6. The number of alkyl halides is 2. The van der Waals surface area contributed by atoms with Gasteiger partial charge in [-0.25, -0.2) is 22.9 Å². The van der Waals surface area contributed by atoms with Crippen molar-refractivity contribution >= 4 is 70.0 Å². The van der Waals surface area contributed by atoms with E-state index < -0.39 is 146 Å². The van der Waals surface area contributed by atoms with Gasteiger partial charge in [0, 0.05) is 60.5 Å². The quantitative estimate of drug-likeness (QED) is 0.0274. The molecule has 27 heteroatoms. The molecule has 0 saturated carbocycles. The average molecular weight is 1140 g/mol. The van der Waals surface area contributed by atoms with Crippen molar-refractivity contribution in [3.63, 3.8) is 0 Å². The Bertz CT molecular complexity index is 3430. The SMILES string of the molecule is CC[C@@]1(O)C(=O)OCc2c1cc1n(c2=O)Cc2c-1nc1cc(F)c(C)c3c1c2[C@@H](NC(=O)[C@H]1N(C(=O)CNC(=O)CNC(=O)[C@H](Cc2ccccc2)NC(=O)CNC(=O)CNC(=O)CCOCCN2C(=O)C=CC2=O)CCC1(F)F)CC3. The zero-order chi connectivity index (χ0) is 58.8. The van der Waals surface area contributed by atoms with Gasteiger partial charge in [0.25, 0.3) is 23.3 Å². The summed E-state index contributed by atoms with van der Waals surface area (Å²) in [6.07, 6.45) is 1.29. The number of cyclic esters (lactones) is 1. The second-order valence-corrected chi connectivity index (χ2v) is 20.3. The number of hydrogen-bond acceptors (Lipinski definition) is 15. The molecule has 82 heavy (non-hydrogen) atoms. The summed E-state index contributed by atoms with van der Waals surface area (Å²) in [6.45, 7) is -0.795. The van der Waals surface area contributed by atoms with Gasteiger partial charge in [0.15, 0.2) is 11.6 Å². The number of aromatic nitrogens is 2. The van der Waals surface area contributed by atoms with Gasteiger partial charge >= 0.3 is 5.97 Å². The van der Waals surface area contributed by atoms with Crippen molar-refractivity contribution in [2.75, 3.05) is 52.5 Å². The maximum Gasteiger partial charge on any atom is 0.343 e. The highest BCUT2D eigenvalue weighted by Crippen LogP contribution is 2.46. The first-order chi connectivity index (χ1) is 39.1. The summed E-state index contributed by atoms with van der Waals surface area (Å²) >= 11 is 0. The highest BCUT2D eigenvalue weighted by Gasteiger charge is 2.55. The third-order valence-corrected chi connectivity index (χ3v) is 15.2. The van der Waals surface area contributed by atoms with Gasteiger partial charge in [0.05, 0.1) is 81.0 Å². The Labute approximate surface area is 464 Å². The van der Waals surface area contributed by atoms with Crippen LogP contribution in [0.25, 0.3) is 22.3 Å². The van der Waals surface area contributed by atoms with Crippen LogP contribution in [0.3, 0.4) is 0 Å². The summed E-state index contributed by atoms with van der Waals surface area (Å²) in [5.41, 5.74) is 0.160. The van der Waals surface area contributed by atoms with Crippen LogP contribution in [0.15, 0.2) is 59.4 Å². The molecule has 4 aliphatic heterocycles. The van der Waals surface area contributed by atoms with Crippen LogP contribution in [0.4, 0.5) is 13.2 Å². The molecular formula is C55H57F3N10O14. The number of rotatable bonds is 21. The van der Waals surface area contributed by atoms with Crippen molar-refractivity contribution in [1.29, 1.82) is 0 Å². The third kappa shape index (κ3) is 11.7. The number of carbonyl (C=O) groups is 10. The summed E-state index contributed by atoms with van der Waals surface area (Å²) in [6, 6.07) is 6.44. The van der Waals surface area contributed by atoms with E-state index >= 15 is 13.2 Å². The van der Waals surface area contributed by atoms with E-state index in [1.165, 1.54) is 16.7 Å². The molecule has 1 aliphatic carbocycles.